The summed E-state index contributed by atoms with van der Waals surface area (Å²) in [6.45, 7) is 2.48. The van der Waals surface area contributed by atoms with Crippen LogP contribution in [0.15, 0.2) is 42.5 Å². The summed E-state index contributed by atoms with van der Waals surface area (Å²) in [4.78, 5) is 12.1. The highest BCUT2D eigenvalue weighted by Crippen LogP contribution is 2.31. The Bertz CT molecular complexity index is 812. The van der Waals surface area contributed by atoms with E-state index in [9.17, 15) is 9.90 Å². The fraction of sp³-hybridized carbons (Fsp3) is 0.286. The Morgan fingerprint density at radius 1 is 1.22 bits per heavy atom. The third-order valence-corrected chi connectivity index (χ3v) is 3.85. The average molecular weight is 369 g/mol. The molecule has 6 heteroatoms. The van der Waals surface area contributed by atoms with Crippen molar-refractivity contribution in [3.8, 4) is 29.6 Å². The van der Waals surface area contributed by atoms with Crippen LogP contribution in [0.1, 0.15) is 17.2 Å². The quantitative estimate of drug-likeness (QED) is 0.524. The third kappa shape index (κ3) is 5.66. The molecule has 0 fully saturated rings. The van der Waals surface area contributed by atoms with Gasteiger partial charge >= 0.3 is 0 Å². The van der Waals surface area contributed by atoms with E-state index in [0.29, 0.717) is 22.8 Å². The van der Waals surface area contributed by atoms with Crippen LogP contribution in [0, 0.1) is 19.3 Å². The van der Waals surface area contributed by atoms with Crippen molar-refractivity contribution in [2.45, 2.75) is 13.0 Å². The van der Waals surface area contributed by atoms with E-state index >= 15 is 0 Å². The highest BCUT2D eigenvalue weighted by Gasteiger charge is 2.18. The maximum Gasteiger partial charge on any atom is 0.253 e. The lowest BCUT2D eigenvalue weighted by Crippen LogP contribution is -2.32. The molecule has 0 saturated heterocycles. The van der Waals surface area contributed by atoms with Crippen molar-refractivity contribution in [2.75, 3.05) is 26.9 Å². The molecule has 0 heterocycles. The van der Waals surface area contributed by atoms with E-state index in [1.165, 1.54) is 7.11 Å². The SMILES string of the molecule is C#CCOc1ccc(OCCNC(=O)C(O)c2ccccc2C)cc1OC. The molecule has 142 valence electrons. The van der Waals surface area contributed by atoms with E-state index in [1.54, 1.807) is 30.3 Å². The van der Waals surface area contributed by atoms with Crippen molar-refractivity contribution >= 4 is 5.91 Å². The van der Waals surface area contributed by atoms with E-state index < -0.39 is 12.0 Å². The maximum absolute atomic E-state index is 12.1. The molecule has 1 atom stereocenters. The van der Waals surface area contributed by atoms with Crippen molar-refractivity contribution in [1.29, 1.82) is 0 Å². The van der Waals surface area contributed by atoms with Gasteiger partial charge in [-0.2, -0.15) is 0 Å². The number of carbonyl (C=O) groups excluding carboxylic acids is 1. The molecule has 1 unspecified atom stereocenters. The summed E-state index contributed by atoms with van der Waals surface area (Å²) in [5.74, 6) is 3.51. The van der Waals surface area contributed by atoms with Gasteiger partial charge in [0.25, 0.3) is 5.91 Å². The summed E-state index contributed by atoms with van der Waals surface area (Å²) in [7, 11) is 1.52. The average Bonchev–Trinajstić information content (AvgIpc) is 2.69. The van der Waals surface area contributed by atoms with E-state index in [2.05, 4.69) is 11.2 Å². The second kappa shape index (κ2) is 10.1. The van der Waals surface area contributed by atoms with Crippen molar-refractivity contribution in [2.24, 2.45) is 0 Å². The van der Waals surface area contributed by atoms with Gasteiger partial charge in [0.15, 0.2) is 17.6 Å². The number of carbonyl (C=O) groups is 1. The van der Waals surface area contributed by atoms with E-state index in [1.807, 2.05) is 19.1 Å². The lowest BCUT2D eigenvalue weighted by Gasteiger charge is -2.14. The van der Waals surface area contributed by atoms with Crippen molar-refractivity contribution in [3.05, 3.63) is 53.6 Å². The predicted molar refractivity (Wildman–Crippen MR) is 102 cm³/mol. The number of aliphatic hydroxyl groups is 1. The summed E-state index contributed by atoms with van der Waals surface area (Å²) < 4.78 is 16.2. The minimum absolute atomic E-state index is 0.145. The van der Waals surface area contributed by atoms with E-state index in [-0.39, 0.29) is 19.8 Å². The number of aliphatic hydroxyl groups excluding tert-OH is 1. The minimum Gasteiger partial charge on any atom is -0.493 e. The molecule has 0 bridgehead atoms. The molecule has 6 nitrogen and oxygen atoms in total. The molecule has 0 saturated carbocycles. The van der Waals surface area contributed by atoms with Crippen LogP contribution in [0.4, 0.5) is 0 Å². The highest BCUT2D eigenvalue weighted by atomic mass is 16.5. The smallest absolute Gasteiger partial charge is 0.253 e. The van der Waals surface area contributed by atoms with Gasteiger partial charge in [-0.1, -0.05) is 30.2 Å². The van der Waals surface area contributed by atoms with Crippen molar-refractivity contribution in [3.63, 3.8) is 0 Å². The number of terminal acetylenes is 1. The van der Waals surface area contributed by atoms with Gasteiger partial charge < -0.3 is 24.6 Å². The number of hydrogen-bond donors (Lipinski definition) is 2. The minimum atomic E-state index is -1.21. The number of amides is 1. The molecule has 2 N–H and O–H groups in total. The Balaban J connectivity index is 1.83. The number of rotatable bonds is 9. The molecule has 0 aliphatic heterocycles. The van der Waals surface area contributed by atoms with Gasteiger partial charge in [0, 0.05) is 6.07 Å². The molecule has 1 amide bonds. The number of methoxy groups -OCH3 is 1. The molecule has 27 heavy (non-hydrogen) atoms. The Hall–Kier alpha value is -3.17. The molecule has 2 aromatic carbocycles. The Kier molecular flexibility index (Phi) is 7.53. The zero-order chi connectivity index (χ0) is 19.6. The summed E-state index contributed by atoms with van der Waals surface area (Å²) in [6.07, 6.45) is 3.97. The van der Waals surface area contributed by atoms with Crippen LogP contribution >= 0.6 is 0 Å². The number of benzene rings is 2. The predicted octanol–water partition coefficient (Wildman–Crippen LogP) is 2.24. The van der Waals surface area contributed by atoms with Crippen LogP contribution in [0.25, 0.3) is 0 Å². The largest absolute Gasteiger partial charge is 0.493 e. The summed E-state index contributed by atoms with van der Waals surface area (Å²) in [5.41, 5.74) is 1.44. The summed E-state index contributed by atoms with van der Waals surface area (Å²) >= 11 is 0. The van der Waals surface area contributed by atoms with Gasteiger partial charge in [-0.05, 0) is 30.2 Å². The first-order valence-corrected chi connectivity index (χ1v) is 8.45. The Morgan fingerprint density at radius 2 is 2.00 bits per heavy atom. The van der Waals surface area contributed by atoms with E-state index in [0.717, 1.165) is 5.56 Å². The molecule has 2 aromatic rings. The normalized spacial score (nSPS) is 11.2. The van der Waals surface area contributed by atoms with Crippen LogP contribution in [0.3, 0.4) is 0 Å². The van der Waals surface area contributed by atoms with Crippen molar-refractivity contribution in [1.82, 2.24) is 5.32 Å². The summed E-state index contributed by atoms with van der Waals surface area (Å²) in [5, 5.41) is 12.8. The zero-order valence-corrected chi connectivity index (χ0v) is 15.4. The monoisotopic (exact) mass is 369 g/mol. The standard InChI is InChI=1S/C21H23NO5/c1-4-12-27-18-10-9-16(14-19(18)25-3)26-13-11-22-21(24)20(23)17-8-6-5-7-15(17)2/h1,5-10,14,20,23H,11-13H2,2-3H3,(H,22,24). The van der Waals surface area contributed by atoms with Gasteiger partial charge in [-0.15, -0.1) is 6.42 Å². The molecule has 0 radical (unpaired) electrons. The first-order valence-electron chi connectivity index (χ1n) is 8.45. The number of hydrogen-bond acceptors (Lipinski definition) is 5. The van der Waals surface area contributed by atoms with Gasteiger partial charge in [0.1, 0.15) is 19.0 Å². The number of nitrogens with one attached hydrogen (secondary N) is 1. The maximum atomic E-state index is 12.1. The van der Waals surface area contributed by atoms with Gasteiger partial charge in [-0.25, -0.2) is 0 Å². The van der Waals surface area contributed by atoms with Crippen molar-refractivity contribution < 1.29 is 24.1 Å². The van der Waals surface area contributed by atoms with Gasteiger partial charge in [0.05, 0.1) is 13.7 Å². The van der Waals surface area contributed by atoms with E-state index in [4.69, 9.17) is 20.6 Å². The second-order valence-corrected chi connectivity index (χ2v) is 5.70. The lowest BCUT2D eigenvalue weighted by molar-refractivity contribution is -0.129. The second-order valence-electron chi connectivity index (χ2n) is 5.70. The first kappa shape index (κ1) is 20.1. The molecule has 0 aromatic heterocycles. The Labute approximate surface area is 159 Å². The number of aryl methyl sites for hydroxylation is 1. The van der Waals surface area contributed by atoms with Crippen LogP contribution in [-0.4, -0.2) is 37.9 Å². The van der Waals surface area contributed by atoms with Gasteiger partial charge in [-0.3, -0.25) is 4.79 Å². The molecular weight excluding hydrogens is 346 g/mol. The fourth-order valence-corrected chi connectivity index (χ4v) is 2.45. The van der Waals surface area contributed by atoms with Crippen LogP contribution in [0.5, 0.6) is 17.2 Å². The highest BCUT2D eigenvalue weighted by molar-refractivity contribution is 5.82. The molecule has 0 aliphatic carbocycles. The first-order chi connectivity index (χ1) is 13.1. The zero-order valence-electron chi connectivity index (χ0n) is 15.4. The third-order valence-electron chi connectivity index (χ3n) is 3.85. The Morgan fingerprint density at radius 3 is 2.70 bits per heavy atom. The van der Waals surface area contributed by atoms with Crippen LogP contribution in [0.2, 0.25) is 0 Å². The molecule has 0 spiro atoms. The molecular formula is C21H23NO5. The van der Waals surface area contributed by atoms with Crippen LogP contribution < -0.4 is 19.5 Å². The van der Waals surface area contributed by atoms with Crippen LogP contribution in [-0.2, 0) is 4.79 Å². The van der Waals surface area contributed by atoms with Gasteiger partial charge in [0.2, 0.25) is 0 Å². The lowest BCUT2D eigenvalue weighted by atomic mass is 10.0. The molecule has 2 rings (SSSR count). The fourth-order valence-electron chi connectivity index (χ4n) is 2.45. The number of ether oxygens (including phenoxy) is 3. The molecule has 0 aliphatic rings. The summed E-state index contributed by atoms with van der Waals surface area (Å²) in [6, 6.07) is 12.3. The topological polar surface area (TPSA) is 77.0 Å².